The molecule has 1 aliphatic rings. The summed E-state index contributed by atoms with van der Waals surface area (Å²) in [4.78, 5) is 6.37. The van der Waals surface area contributed by atoms with Crippen LogP contribution in [-0.4, -0.2) is 23.0 Å². The van der Waals surface area contributed by atoms with Crippen LogP contribution in [0, 0.1) is 0 Å². The first-order valence-electron chi connectivity index (χ1n) is 5.05. The molecule has 2 rings (SSSR count). The molecule has 1 fully saturated rings. The molecule has 3 nitrogen and oxygen atoms in total. The monoisotopic (exact) mass is 223 g/mol. The van der Waals surface area contributed by atoms with Crippen LogP contribution >= 0.6 is 11.6 Å². The minimum atomic E-state index is 0.546. The van der Waals surface area contributed by atoms with Gasteiger partial charge in [0.15, 0.2) is 0 Å². The summed E-state index contributed by atoms with van der Waals surface area (Å²) in [7, 11) is 0. The molecule has 15 heavy (non-hydrogen) atoms. The van der Waals surface area contributed by atoms with Gasteiger partial charge in [-0.15, -0.1) is 0 Å². The lowest BCUT2D eigenvalue weighted by atomic mass is 10.2. The highest BCUT2D eigenvalue weighted by Crippen LogP contribution is 2.13. The molecular weight excluding hydrogens is 210 g/mol. The van der Waals surface area contributed by atoms with Gasteiger partial charge in [0.25, 0.3) is 0 Å². The van der Waals surface area contributed by atoms with Crippen LogP contribution in [0.4, 0.5) is 0 Å². The molecule has 1 N–H and O–H groups in total. The first-order chi connectivity index (χ1) is 7.29. The van der Waals surface area contributed by atoms with Crippen LogP contribution in [0.1, 0.15) is 12.5 Å². The summed E-state index contributed by atoms with van der Waals surface area (Å²) in [5.74, 6) is 1.20. The summed E-state index contributed by atoms with van der Waals surface area (Å²) in [6.45, 7) is 4.99. The van der Waals surface area contributed by atoms with Gasteiger partial charge in [-0.3, -0.25) is 0 Å². The summed E-state index contributed by atoms with van der Waals surface area (Å²) in [5, 5.41) is 3.87. The molecule has 0 atom stereocenters. The van der Waals surface area contributed by atoms with Crippen LogP contribution in [0.3, 0.4) is 0 Å². The minimum absolute atomic E-state index is 0.546. The maximum Gasteiger partial charge on any atom is 0.129 e. The maximum atomic E-state index is 5.74. The van der Waals surface area contributed by atoms with E-state index in [1.807, 2.05) is 25.3 Å². The molecular formula is C11H14ClN3. The quantitative estimate of drug-likeness (QED) is 0.778. The second-order valence-electron chi connectivity index (χ2n) is 3.51. The lowest BCUT2D eigenvalue weighted by Crippen LogP contribution is -2.19. The Balaban J connectivity index is 2.05. The van der Waals surface area contributed by atoms with E-state index in [-0.39, 0.29) is 0 Å². The van der Waals surface area contributed by atoms with Gasteiger partial charge in [0.2, 0.25) is 0 Å². The van der Waals surface area contributed by atoms with Crippen molar-refractivity contribution in [1.29, 1.82) is 0 Å². The van der Waals surface area contributed by atoms with E-state index in [9.17, 15) is 0 Å². The first-order valence-corrected chi connectivity index (χ1v) is 5.43. The van der Waals surface area contributed by atoms with Gasteiger partial charge in [-0.2, -0.15) is 0 Å². The third kappa shape index (κ3) is 2.42. The van der Waals surface area contributed by atoms with Crippen molar-refractivity contribution in [1.82, 2.24) is 15.2 Å². The van der Waals surface area contributed by atoms with E-state index in [1.165, 1.54) is 11.4 Å². The molecule has 0 saturated carbocycles. The van der Waals surface area contributed by atoms with E-state index >= 15 is 0 Å². The van der Waals surface area contributed by atoms with Crippen molar-refractivity contribution in [3.05, 3.63) is 40.9 Å². The Bertz CT molecular complexity index is 359. The van der Waals surface area contributed by atoms with E-state index in [0.717, 1.165) is 19.6 Å². The predicted octanol–water partition coefficient (Wildman–Crippen LogP) is 2.00. The van der Waals surface area contributed by atoms with Gasteiger partial charge in [0, 0.05) is 25.8 Å². The third-order valence-corrected chi connectivity index (χ3v) is 2.69. The van der Waals surface area contributed by atoms with Crippen molar-refractivity contribution >= 4 is 11.6 Å². The smallest absolute Gasteiger partial charge is 0.129 e. The van der Waals surface area contributed by atoms with Gasteiger partial charge in [-0.25, -0.2) is 4.98 Å². The fourth-order valence-electron chi connectivity index (χ4n) is 1.72. The molecule has 2 heterocycles. The van der Waals surface area contributed by atoms with Gasteiger partial charge in [0.05, 0.1) is 5.82 Å². The Kier molecular flexibility index (Phi) is 3.11. The molecule has 0 amide bonds. The van der Waals surface area contributed by atoms with E-state index in [4.69, 9.17) is 11.6 Å². The van der Waals surface area contributed by atoms with Crippen molar-refractivity contribution < 1.29 is 0 Å². The van der Waals surface area contributed by atoms with Crippen molar-refractivity contribution in [2.45, 2.75) is 13.5 Å². The SMILES string of the molecule is C/C=C1/NCCN1Cc1ccc(Cl)nc1. The number of nitrogens with zero attached hydrogens (tertiary/aromatic N) is 2. The van der Waals surface area contributed by atoms with Crippen molar-refractivity contribution in [3.63, 3.8) is 0 Å². The highest BCUT2D eigenvalue weighted by Gasteiger charge is 2.14. The number of nitrogens with one attached hydrogen (secondary N) is 1. The predicted molar refractivity (Wildman–Crippen MR) is 61.4 cm³/mol. The number of aromatic nitrogens is 1. The van der Waals surface area contributed by atoms with Crippen LogP contribution < -0.4 is 5.32 Å². The van der Waals surface area contributed by atoms with E-state index in [2.05, 4.69) is 21.3 Å². The molecule has 80 valence electrons. The molecule has 1 aromatic rings. The molecule has 1 aliphatic heterocycles. The zero-order chi connectivity index (χ0) is 10.7. The molecule has 0 unspecified atom stereocenters. The summed E-state index contributed by atoms with van der Waals surface area (Å²) < 4.78 is 0. The zero-order valence-corrected chi connectivity index (χ0v) is 9.46. The highest BCUT2D eigenvalue weighted by molar-refractivity contribution is 6.29. The first kappa shape index (κ1) is 10.3. The van der Waals surface area contributed by atoms with Crippen molar-refractivity contribution in [3.8, 4) is 0 Å². The fraction of sp³-hybridized carbons (Fsp3) is 0.364. The molecule has 1 saturated heterocycles. The fourth-order valence-corrected chi connectivity index (χ4v) is 1.83. The van der Waals surface area contributed by atoms with Crippen LogP contribution in [0.15, 0.2) is 30.2 Å². The molecule has 1 aromatic heterocycles. The van der Waals surface area contributed by atoms with Crippen molar-refractivity contribution in [2.24, 2.45) is 0 Å². The number of hydrogen-bond acceptors (Lipinski definition) is 3. The van der Waals surface area contributed by atoms with E-state index in [0.29, 0.717) is 5.15 Å². The summed E-state index contributed by atoms with van der Waals surface area (Å²) in [6, 6.07) is 3.84. The van der Waals surface area contributed by atoms with Gasteiger partial charge in [-0.1, -0.05) is 17.7 Å². The Hall–Kier alpha value is -1.22. The van der Waals surface area contributed by atoms with Crippen LogP contribution in [0.5, 0.6) is 0 Å². The number of hydrogen-bond donors (Lipinski definition) is 1. The van der Waals surface area contributed by atoms with E-state index < -0.39 is 0 Å². The zero-order valence-electron chi connectivity index (χ0n) is 8.70. The molecule has 0 aromatic carbocycles. The summed E-state index contributed by atoms with van der Waals surface area (Å²) >= 11 is 5.74. The molecule has 0 spiro atoms. The third-order valence-electron chi connectivity index (χ3n) is 2.46. The highest BCUT2D eigenvalue weighted by atomic mass is 35.5. The van der Waals surface area contributed by atoms with E-state index in [1.54, 1.807) is 0 Å². The summed E-state index contributed by atoms with van der Waals surface area (Å²) in [5.41, 5.74) is 1.18. The van der Waals surface area contributed by atoms with Crippen LogP contribution in [-0.2, 0) is 6.54 Å². The van der Waals surface area contributed by atoms with Crippen LogP contribution in [0.25, 0.3) is 0 Å². The van der Waals surface area contributed by atoms with Crippen LogP contribution in [0.2, 0.25) is 5.15 Å². The number of rotatable bonds is 2. The second kappa shape index (κ2) is 4.53. The largest absolute Gasteiger partial charge is 0.370 e. The van der Waals surface area contributed by atoms with Gasteiger partial charge in [-0.05, 0) is 24.6 Å². The molecule has 0 aliphatic carbocycles. The lowest BCUT2D eigenvalue weighted by molar-refractivity contribution is 0.387. The average molecular weight is 224 g/mol. The Morgan fingerprint density at radius 1 is 1.60 bits per heavy atom. The lowest BCUT2D eigenvalue weighted by Gasteiger charge is -2.18. The minimum Gasteiger partial charge on any atom is -0.370 e. The number of allylic oxidation sites excluding steroid dienone is 1. The molecule has 4 heteroatoms. The van der Waals surface area contributed by atoms with Gasteiger partial charge < -0.3 is 10.2 Å². The second-order valence-corrected chi connectivity index (χ2v) is 3.90. The topological polar surface area (TPSA) is 28.2 Å². The average Bonchev–Trinajstić information content (AvgIpc) is 2.69. The Labute approximate surface area is 94.8 Å². The normalized spacial score (nSPS) is 18.3. The standard InChI is InChI=1S/C11H14ClN3/c1-2-11-13-5-6-15(11)8-9-3-4-10(12)14-7-9/h2-4,7,13H,5-6,8H2,1H3/b11-2-. The van der Waals surface area contributed by atoms with Crippen molar-refractivity contribution in [2.75, 3.05) is 13.1 Å². The number of halogens is 1. The Morgan fingerprint density at radius 3 is 3.13 bits per heavy atom. The number of pyridine rings is 1. The van der Waals surface area contributed by atoms with Gasteiger partial charge >= 0.3 is 0 Å². The Morgan fingerprint density at radius 2 is 2.47 bits per heavy atom. The molecule has 0 radical (unpaired) electrons. The molecule has 0 bridgehead atoms. The maximum absolute atomic E-state index is 5.74. The van der Waals surface area contributed by atoms with Gasteiger partial charge in [0.1, 0.15) is 5.15 Å². The summed E-state index contributed by atoms with van der Waals surface area (Å²) in [6.07, 6.45) is 3.92.